The van der Waals surface area contributed by atoms with Crippen LogP contribution in [0.1, 0.15) is 16.1 Å². The molecule has 0 atom stereocenters. The lowest BCUT2D eigenvalue weighted by Crippen LogP contribution is -2.15. The highest BCUT2D eigenvalue weighted by Crippen LogP contribution is 2.24. The minimum Gasteiger partial charge on any atom is -0.302 e. The van der Waals surface area contributed by atoms with E-state index in [0.717, 1.165) is 0 Å². The maximum atomic E-state index is 14.0. The predicted octanol–water partition coefficient (Wildman–Crippen LogP) is 3.53. The second-order valence-electron chi connectivity index (χ2n) is 6.10. The lowest BCUT2D eigenvalue weighted by atomic mass is 10.2. The molecule has 1 N–H and O–H groups in total. The van der Waals surface area contributed by atoms with Crippen molar-refractivity contribution in [2.45, 2.75) is 13.2 Å². The number of carbonyl (C=O) groups is 1. The number of nitrogens with one attached hydrogen (secondary N) is 1. The number of anilines is 1. The number of hydrogen-bond donors (Lipinski definition) is 1. The minimum absolute atomic E-state index is 0.0690. The molecule has 0 aliphatic rings. The third-order valence-corrected chi connectivity index (χ3v) is 4.68. The number of aromatic nitrogens is 6. The van der Waals surface area contributed by atoms with E-state index in [1.807, 2.05) is 0 Å². The lowest BCUT2D eigenvalue weighted by Gasteiger charge is -2.06. The number of benzene rings is 1. The molecule has 29 heavy (non-hydrogen) atoms. The molecule has 0 unspecified atom stereocenters. The molecule has 4 rings (SSSR count). The number of nitrogens with zero attached hydrogens (tertiary/aromatic N) is 6. The first-order chi connectivity index (χ1) is 14.0. The van der Waals surface area contributed by atoms with E-state index in [-0.39, 0.29) is 33.7 Å². The van der Waals surface area contributed by atoms with Crippen LogP contribution < -0.4 is 5.32 Å². The van der Waals surface area contributed by atoms with Crippen molar-refractivity contribution in [1.29, 1.82) is 0 Å². The van der Waals surface area contributed by atoms with Crippen molar-refractivity contribution in [2.24, 2.45) is 0 Å². The minimum atomic E-state index is -0.472. The van der Waals surface area contributed by atoms with E-state index in [1.165, 1.54) is 23.0 Å². The maximum absolute atomic E-state index is 14.0. The third-order valence-electron chi connectivity index (χ3n) is 4.05. The average Bonchev–Trinajstić information content (AvgIpc) is 3.42. The number of carbonyl (C=O) groups excluding carboxylic acids is 1. The van der Waals surface area contributed by atoms with Gasteiger partial charge in [0.1, 0.15) is 17.5 Å². The standard InChI is InChI=1S/C18H14Cl2FN7O/c19-13-3-1-4-15(21)12(13)9-28-10-14(20)17(25-28)23-18(29)16-5-8-27(24-16)11-26-7-2-6-22-26/h1-8,10H,9,11H2,(H,23,25,29). The third kappa shape index (κ3) is 4.30. The van der Waals surface area contributed by atoms with Crippen molar-refractivity contribution >= 4 is 34.9 Å². The van der Waals surface area contributed by atoms with Gasteiger partial charge in [0.25, 0.3) is 5.91 Å². The first-order valence-electron chi connectivity index (χ1n) is 8.47. The fourth-order valence-electron chi connectivity index (χ4n) is 2.67. The summed E-state index contributed by atoms with van der Waals surface area (Å²) in [7, 11) is 0. The highest BCUT2D eigenvalue weighted by Gasteiger charge is 2.16. The molecule has 3 heterocycles. The molecule has 0 saturated carbocycles. The van der Waals surface area contributed by atoms with Crippen LogP contribution in [-0.4, -0.2) is 35.2 Å². The molecular weight excluding hydrogens is 420 g/mol. The summed E-state index contributed by atoms with van der Waals surface area (Å²) in [6.45, 7) is 0.443. The van der Waals surface area contributed by atoms with Crippen LogP contribution in [0.5, 0.6) is 0 Å². The lowest BCUT2D eigenvalue weighted by molar-refractivity contribution is 0.102. The van der Waals surface area contributed by atoms with E-state index in [0.29, 0.717) is 6.67 Å². The zero-order chi connectivity index (χ0) is 20.4. The molecule has 1 aromatic carbocycles. The smallest absolute Gasteiger partial charge is 0.277 e. The summed E-state index contributed by atoms with van der Waals surface area (Å²) in [6.07, 6.45) is 6.59. The van der Waals surface area contributed by atoms with Gasteiger partial charge < -0.3 is 5.32 Å². The van der Waals surface area contributed by atoms with Crippen LogP contribution in [0.4, 0.5) is 10.2 Å². The monoisotopic (exact) mass is 433 g/mol. The number of hydrogen-bond acceptors (Lipinski definition) is 4. The van der Waals surface area contributed by atoms with Gasteiger partial charge in [-0.05, 0) is 24.3 Å². The van der Waals surface area contributed by atoms with Gasteiger partial charge >= 0.3 is 0 Å². The highest BCUT2D eigenvalue weighted by molar-refractivity contribution is 6.33. The molecule has 0 spiro atoms. The number of amides is 1. The van der Waals surface area contributed by atoms with E-state index < -0.39 is 11.7 Å². The van der Waals surface area contributed by atoms with Gasteiger partial charge in [-0.2, -0.15) is 15.3 Å². The van der Waals surface area contributed by atoms with Crippen LogP contribution in [0.25, 0.3) is 0 Å². The highest BCUT2D eigenvalue weighted by atomic mass is 35.5. The summed E-state index contributed by atoms with van der Waals surface area (Å²) in [5.41, 5.74) is 0.475. The summed E-state index contributed by atoms with van der Waals surface area (Å²) in [5, 5.41) is 15.6. The van der Waals surface area contributed by atoms with Gasteiger partial charge in [0.05, 0.1) is 6.54 Å². The number of rotatable bonds is 6. The van der Waals surface area contributed by atoms with Crippen molar-refractivity contribution in [3.8, 4) is 0 Å². The summed E-state index contributed by atoms with van der Waals surface area (Å²) < 4.78 is 18.6. The van der Waals surface area contributed by atoms with Crippen molar-refractivity contribution in [3.05, 3.63) is 82.2 Å². The fraction of sp³-hybridized carbons (Fsp3) is 0.111. The topological polar surface area (TPSA) is 82.6 Å². The molecule has 8 nitrogen and oxygen atoms in total. The van der Waals surface area contributed by atoms with Crippen molar-refractivity contribution in [1.82, 2.24) is 29.3 Å². The fourth-order valence-corrected chi connectivity index (χ4v) is 3.09. The van der Waals surface area contributed by atoms with Crippen LogP contribution >= 0.6 is 23.2 Å². The largest absolute Gasteiger partial charge is 0.302 e. The van der Waals surface area contributed by atoms with E-state index in [4.69, 9.17) is 23.2 Å². The molecule has 11 heteroatoms. The molecule has 0 fully saturated rings. The van der Waals surface area contributed by atoms with E-state index in [2.05, 4.69) is 20.6 Å². The van der Waals surface area contributed by atoms with Gasteiger partial charge in [-0.15, -0.1) is 0 Å². The van der Waals surface area contributed by atoms with E-state index in [1.54, 1.807) is 46.2 Å². The van der Waals surface area contributed by atoms with Gasteiger partial charge in [0.2, 0.25) is 0 Å². The molecule has 0 saturated heterocycles. The van der Waals surface area contributed by atoms with Crippen molar-refractivity contribution in [2.75, 3.05) is 5.32 Å². The first kappa shape index (κ1) is 19.2. The molecule has 3 aromatic heterocycles. The van der Waals surface area contributed by atoms with Gasteiger partial charge in [-0.1, -0.05) is 29.3 Å². The van der Waals surface area contributed by atoms with E-state index >= 15 is 0 Å². The number of halogens is 3. The van der Waals surface area contributed by atoms with Gasteiger partial charge in [-0.25, -0.2) is 4.39 Å². The summed E-state index contributed by atoms with van der Waals surface area (Å²) in [6, 6.07) is 7.79. The molecule has 4 aromatic rings. The Labute approximate surface area is 174 Å². The summed E-state index contributed by atoms with van der Waals surface area (Å²) in [4.78, 5) is 12.5. The molecule has 0 aliphatic heterocycles. The van der Waals surface area contributed by atoms with Crippen molar-refractivity contribution < 1.29 is 9.18 Å². The summed E-state index contributed by atoms with van der Waals surface area (Å²) >= 11 is 12.2. The van der Waals surface area contributed by atoms with Gasteiger partial charge in [-0.3, -0.25) is 18.8 Å². The van der Waals surface area contributed by atoms with Crippen LogP contribution in [-0.2, 0) is 13.2 Å². The maximum Gasteiger partial charge on any atom is 0.277 e. The molecule has 0 bridgehead atoms. The average molecular weight is 434 g/mol. The zero-order valence-corrected chi connectivity index (χ0v) is 16.3. The quantitative estimate of drug-likeness (QED) is 0.504. The predicted molar refractivity (Wildman–Crippen MR) is 106 cm³/mol. The first-order valence-corrected chi connectivity index (χ1v) is 9.23. The second kappa shape index (κ2) is 8.06. The molecule has 1 amide bonds. The van der Waals surface area contributed by atoms with Crippen molar-refractivity contribution in [3.63, 3.8) is 0 Å². The summed E-state index contributed by atoms with van der Waals surface area (Å²) in [5.74, 6) is -0.775. The van der Waals surface area contributed by atoms with Crippen LogP contribution in [0.2, 0.25) is 10.0 Å². The Morgan fingerprint density at radius 1 is 1.03 bits per heavy atom. The van der Waals surface area contributed by atoms with Gasteiger partial charge in [0, 0.05) is 35.4 Å². The SMILES string of the molecule is O=C(Nc1nn(Cc2c(F)cccc2Cl)cc1Cl)c1ccn(Cn2cccn2)n1. The Bertz CT molecular complexity index is 1130. The zero-order valence-electron chi connectivity index (χ0n) is 14.8. The van der Waals surface area contributed by atoms with Gasteiger partial charge in [0.15, 0.2) is 11.5 Å². The van der Waals surface area contributed by atoms with Crippen LogP contribution in [0, 0.1) is 5.82 Å². The molecule has 0 aliphatic carbocycles. The molecule has 148 valence electrons. The Morgan fingerprint density at radius 3 is 2.66 bits per heavy atom. The molecular formula is C18H14Cl2FN7O. The van der Waals surface area contributed by atoms with E-state index in [9.17, 15) is 9.18 Å². The van der Waals surface area contributed by atoms with Crippen LogP contribution in [0.3, 0.4) is 0 Å². The van der Waals surface area contributed by atoms with Crippen LogP contribution in [0.15, 0.2) is 55.1 Å². The molecule has 0 radical (unpaired) electrons. The Hall–Kier alpha value is -3.17. The Balaban J connectivity index is 1.46. The second-order valence-corrected chi connectivity index (χ2v) is 6.92. The normalized spacial score (nSPS) is 11.0. The Kier molecular flexibility index (Phi) is 5.32. The Morgan fingerprint density at radius 2 is 1.90 bits per heavy atom.